The molecule has 2 aromatic carbocycles. The van der Waals surface area contributed by atoms with Crippen LogP contribution in [0.1, 0.15) is 23.0 Å². The van der Waals surface area contributed by atoms with E-state index >= 15 is 0 Å². The number of fused-ring (bicyclic) bond motifs is 2. The summed E-state index contributed by atoms with van der Waals surface area (Å²) in [5.41, 5.74) is 13.1. The van der Waals surface area contributed by atoms with Gasteiger partial charge in [0.2, 0.25) is 0 Å². The average Bonchev–Trinajstić information content (AvgIpc) is 3.42. The smallest absolute Gasteiger partial charge is 0.511 e. The number of phosphoric acid groups is 3. The zero-order valence-corrected chi connectivity index (χ0v) is 28.9. The van der Waals surface area contributed by atoms with E-state index in [4.69, 9.17) is 45.1 Å². The van der Waals surface area contributed by atoms with Crippen LogP contribution >= 0.6 is 24.2 Å². The number of esters is 1. The summed E-state index contributed by atoms with van der Waals surface area (Å²) in [7, 11) is -17.1. The predicted molar refractivity (Wildman–Crippen MR) is 178 cm³/mol. The van der Waals surface area contributed by atoms with Gasteiger partial charge in [-0.2, -0.15) is 19.7 Å². The first-order valence-corrected chi connectivity index (χ1v) is 19.3. The van der Waals surface area contributed by atoms with E-state index < -0.39 is 60.9 Å². The third-order valence-electron chi connectivity index (χ3n) is 7.58. The molecule has 0 amide bonds. The Kier molecular flexibility index (Phi) is 10.3. The van der Waals surface area contributed by atoms with Crippen molar-refractivity contribution in [1.29, 1.82) is 5.41 Å². The summed E-state index contributed by atoms with van der Waals surface area (Å²) in [4.78, 5) is 90.3. The number of nitrogens with zero attached hydrogens (tertiary/aromatic N) is 2. The van der Waals surface area contributed by atoms with Crippen molar-refractivity contribution in [3.63, 3.8) is 0 Å². The van der Waals surface area contributed by atoms with Gasteiger partial charge in [-0.15, -0.1) is 0 Å². The number of hydrogen-bond donors (Lipinski definition) is 7. The number of carbonyl (C=O) groups is 1. The number of aromatic nitrogens is 2. The van der Waals surface area contributed by atoms with Gasteiger partial charge in [0.05, 0.1) is 17.5 Å². The molecule has 3 heterocycles. The number of nitrogens with two attached hydrogens (primary N) is 2. The first kappa shape index (κ1) is 37.5. The molecule has 1 aliphatic carbocycles. The van der Waals surface area contributed by atoms with E-state index in [0.29, 0.717) is 39.1 Å². The number of anilines is 2. The fraction of sp³-hybridized carbons (Fsp3) is 0.172. The maximum atomic E-state index is 14.0. The van der Waals surface area contributed by atoms with Crippen LogP contribution in [0.3, 0.4) is 0 Å². The van der Waals surface area contributed by atoms with Crippen molar-refractivity contribution >= 4 is 52.6 Å². The van der Waals surface area contributed by atoms with Gasteiger partial charge in [-0.3, -0.25) is 9.09 Å². The summed E-state index contributed by atoms with van der Waals surface area (Å²) in [6.45, 7) is -0.983. The van der Waals surface area contributed by atoms with Crippen LogP contribution < -0.4 is 32.3 Å². The van der Waals surface area contributed by atoms with Crippen LogP contribution in [0.15, 0.2) is 82.1 Å². The molecule has 0 bridgehead atoms. The van der Waals surface area contributed by atoms with E-state index in [1.165, 1.54) is 24.4 Å². The Morgan fingerprint density at radius 2 is 1.83 bits per heavy atom. The Morgan fingerprint density at radius 1 is 1.08 bits per heavy atom. The van der Waals surface area contributed by atoms with Crippen molar-refractivity contribution in [2.24, 2.45) is 0 Å². The Hall–Kier alpha value is -4.23. The SMILES string of the molecule is N=c1ccc2c(-c3ccccc3C(=O)O[C@H]3C[C@H](n4ccc(N)nc4=O)O[C@@H]3COP(=O)(O)O[P+]([O-])(O)O[P+]([O-])(O)O)c3ccc(N)cc3oc-2c1. The highest BCUT2D eigenvalue weighted by Crippen LogP contribution is 2.69. The third kappa shape index (κ3) is 8.52. The highest BCUT2D eigenvalue weighted by Gasteiger charge is 2.51. The topological polar surface area (TPSA) is 331 Å². The second kappa shape index (κ2) is 14.3. The number of nitrogens with one attached hydrogen (secondary N) is 1. The minimum atomic E-state index is -5.84. The van der Waals surface area contributed by atoms with Gasteiger partial charge >= 0.3 is 35.8 Å². The average molecular weight is 779 g/mol. The van der Waals surface area contributed by atoms with Crippen LogP contribution in [0.5, 0.6) is 0 Å². The van der Waals surface area contributed by atoms with Crippen LogP contribution in [-0.4, -0.2) is 53.9 Å². The first-order chi connectivity index (χ1) is 24.4. The van der Waals surface area contributed by atoms with Gasteiger partial charge in [0.15, 0.2) is 0 Å². The molecule has 2 aliphatic heterocycles. The Morgan fingerprint density at radius 3 is 2.56 bits per heavy atom. The molecule has 274 valence electrons. The number of benzene rings is 3. The lowest BCUT2D eigenvalue weighted by Gasteiger charge is -2.23. The summed E-state index contributed by atoms with van der Waals surface area (Å²) in [6, 6.07) is 17.4. The van der Waals surface area contributed by atoms with Crippen molar-refractivity contribution in [1.82, 2.24) is 9.55 Å². The van der Waals surface area contributed by atoms with Crippen molar-refractivity contribution in [3.05, 3.63) is 94.3 Å². The molecule has 2 unspecified atom stereocenters. The van der Waals surface area contributed by atoms with Gasteiger partial charge in [-0.25, -0.2) is 14.2 Å². The summed E-state index contributed by atoms with van der Waals surface area (Å²) < 4.78 is 43.5. The van der Waals surface area contributed by atoms with Crippen LogP contribution in [0, 0.1) is 5.41 Å². The van der Waals surface area contributed by atoms with Crippen LogP contribution in [0.4, 0.5) is 11.5 Å². The van der Waals surface area contributed by atoms with Crippen molar-refractivity contribution in [3.8, 4) is 22.5 Å². The molecule has 0 radical (unpaired) electrons. The fourth-order valence-electron chi connectivity index (χ4n) is 5.54. The fourth-order valence-corrected chi connectivity index (χ4v) is 8.57. The van der Waals surface area contributed by atoms with Crippen LogP contribution in [0.25, 0.3) is 33.4 Å². The molecule has 3 aliphatic rings. The molecule has 6 rings (SSSR count). The second-order valence-electron chi connectivity index (χ2n) is 11.2. The van der Waals surface area contributed by atoms with Gasteiger partial charge in [0, 0.05) is 51.3 Å². The lowest BCUT2D eigenvalue weighted by atomic mass is 9.90. The van der Waals surface area contributed by atoms with Gasteiger partial charge in [-0.1, -0.05) is 22.5 Å². The molecule has 20 nitrogen and oxygen atoms in total. The lowest BCUT2D eigenvalue weighted by Crippen LogP contribution is -2.31. The molecule has 1 fully saturated rings. The van der Waals surface area contributed by atoms with Crippen molar-refractivity contribution in [2.45, 2.75) is 24.9 Å². The highest BCUT2D eigenvalue weighted by molar-refractivity contribution is 7.70. The van der Waals surface area contributed by atoms with Gasteiger partial charge in [-0.05, 0) is 42.0 Å². The number of hydrogen-bond acceptors (Lipinski definition) is 18. The molecule has 23 heteroatoms. The largest absolute Gasteiger partial charge is 0.603 e. The molecule has 52 heavy (non-hydrogen) atoms. The van der Waals surface area contributed by atoms with Gasteiger partial charge < -0.3 is 45.4 Å². The molecular weight excluding hydrogens is 751 g/mol. The molecule has 3 aromatic rings. The van der Waals surface area contributed by atoms with Crippen molar-refractivity contribution in [2.75, 3.05) is 18.1 Å². The second-order valence-corrected chi connectivity index (χ2v) is 15.6. The molecule has 9 N–H and O–H groups in total. The minimum absolute atomic E-state index is 0.0458. The zero-order chi connectivity index (χ0) is 37.6. The molecule has 1 aromatic heterocycles. The standard InChI is InChI=1S/C29H28N5O15P3/c30-15-5-7-19-21(11-15)45-22-12-16(31)6-8-20(22)27(19)17-3-1-2-4-18(17)28(35)47-23-13-26(34-10-9-25(32)33-29(34)36)46-24(23)14-44-51(40,41)49-52(42,43)48-50(37,38)39/h1-12,23-24,26,30H,13-14,31H2,(H,40,41)(H,42,43)(H2,32,33,36)(H2,37,38,39)/t23-,24+,26+/m0/s1. The summed E-state index contributed by atoms with van der Waals surface area (Å²) in [5, 5.41) is 8.84. The van der Waals surface area contributed by atoms with E-state index in [1.54, 1.807) is 48.5 Å². The Bertz CT molecular complexity index is 2300. The Labute approximate surface area is 292 Å². The summed E-state index contributed by atoms with van der Waals surface area (Å²) >= 11 is 0. The van der Waals surface area contributed by atoms with Gasteiger partial charge in [0.25, 0.3) is 0 Å². The normalized spacial score (nSPS) is 20.1. The van der Waals surface area contributed by atoms with Crippen LogP contribution in [-0.2, 0) is 27.2 Å². The van der Waals surface area contributed by atoms with E-state index in [1.807, 2.05) is 0 Å². The maximum Gasteiger partial charge on any atom is 0.511 e. The summed E-state index contributed by atoms with van der Waals surface area (Å²) in [5.74, 6) is -0.672. The summed E-state index contributed by atoms with van der Waals surface area (Å²) in [6.07, 6.45) is -2.97. The maximum absolute atomic E-state index is 14.0. The molecule has 5 atom stereocenters. The molecule has 0 spiro atoms. The minimum Gasteiger partial charge on any atom is -0.603 e. The molecule has 0 saturated carbocycles. The third-order valence-corrected chi connectivity index (χ3v) is 11.4. The van der Waals surface area contributed by atoms with E-state index in [2.05, 4.69) is 13.6 Å². The number of phosphoric ester groups is 1. The molecule has 1 saturated heterocycles. The number of ether oxygens (including phenoxy) is 2. The predicted octanol–water partition coefficient (Wildman–Crippen LogP) is 1.12. The zero-order valence-electron chi connectivity index (χ0n) is 26.2. The highest BCUT2D eigenvalue weighted by atomic mass is 31.3. The lowest BCUT2D eigenvalue weighted by molar-refractivity contribution is -0.256. The molecular formula is C29H28N5O15P3. The Balaban J connectivity index is 1.33. The van der Waals surface area contributed by atoms with E-state index in [-0.39, 0.29) is 23.2 Å². The van der Waals surface area contributed by atoms with E-state index in [0.717, 1.165) is 4.57 Å². The quantitative estimate of drug-likeness (QED) is 0.0427. The van der Waals surface area contributed by atoms with E-state index in [9.17, 15) is 33.7 Å². The first-order valence-electron chi connectivity index (χ1n) is 14.8. The van der Waals surface area contributed by atoms with Crippen molar-refractivity contribution < 1.29 is 65.8 Å². The number of nitrogen functional groups attached to an aromatic ring is 2. The van der Waals surface area contributed by atoms with Gasteiger partial charge in [0.1, 0.15) is 35.6 Å². The van der Waals surface area contributed by atoms with Crippen LogP contribution in [0.2, 0.25) is 0 Å². The monoisotopic (exact) mass is 779 g/mol. The number of rotatable bonds is 11. The number of carbonyl (C=O) groups excluding carboxylic acids is 1.